The molecule has 0 unspecified atom stereocenters. The van der Waals surface area contributed by atoms with Crippen LogP contribution in [0.5, 0.6) is 0 Å². The summed E-state index contributed by atoms with van der Waals surface area (Å²) in [6.45, 7) is 6.01. The van der Waals surface area contributed by atoms with Gasteiger partial charge in [-0.2, -0.15) is 5.10 Å². The van der Waals surface area contributed by atoms with Crippen LogP contribution >= 0.6 is 0 Å². The van der Waals surface area contributed by atoms with E-state index in [2.05, 4.69) is 47.0 Å². The van der Waals surface area contributed by atoms with E-state index in [1.54, 1.807) is 18.6 Å². The molecule has 0 aliphatic rings. The molecule has 9 nitrogen and oxygen atoms in total. The topological polar surface area (TPSA) is 121 Å². The molecule has 35 heavy (non-hydrogen) atoms. The summed E-state index contributed by atoms with van der Waals surface area (Å²) in [4.78, 5) is 26.1. The third-order valence-corrected chi connectivity index (χ3v) is 5.81. The molecule has 9 heteroatoms. The smallest absolute Gasteiger partial charge is 0.181 e. The molecule has 6 aromatic rings. The normalized spacial score (nSPS) is 11.2. The van der Waals surface area contributed by atoms with Crippen LogP contribution in [0.3, 0.4) is 0 Å². The highest BCUT2D eigenvalue weighted by Gasteiger charge is 2.17. The van der Waals surface area contributed by atoms with E-state index in [9.17, 15) is 0 Å². The highest BCUT2D eigenvalue weighted by Crippen LogP contribution is 2.31. The van der Waals surface area contributed by atoms with E-state index in [0.29, 0.717) is 17.1 Å². The first kappa shape index (κ1) is 20.7. The van der Waals surface area contributed by atoms with Crippen molar-refractivity contribution in [3.8, 4) is 33.9 Å². The van der Waals surface area contributed by atoms with E-state index >= 15 is 0 Å². The third-order valence-electron chi connectivity index (χ3n) is 5.81. The van der Waals surface area contributed by atoms with Crippen molar-refractivity contribution in [2.24, 2.45) is 0 Å². The number of aromatic nitrogens is 8. The Morgan fingerprint density at radius 1 is 0.943 bits per heavy atom. The van der Waals surface area contributed by atoms with Gasteiger partial charge in [-0.25, -0.2) is 19.9 Å². The minimum atomic E-state index is 0.604. The van der Waals surface area contributed by atoms with Crippen molar-refractivity contribution in [3.63, 3.8) is 0 Å². The number of H-pyrrole nitrogens is 2. The molecule has 0 atom stereocenters. The van der Waals surface area contributed by atoms with E-state index < -0.39 is 0 Å². The first-order chi connectivity index (χ1) is 17.2. The van der Waals surface area contributed by atoms with Gasteiger partial charge >= 0.3 is 0 Å². The second kappa shape index (κ2) is 8.45. The molecule has 3 N–H and O–H groups in total. The SMILES string of the molecule is C=C(CC)Nc1ccc(-c2cnc3n[nH]c(-c4nc5nccc(-c6ccccn6)c5[nH]4)c3c2)cn1. The molecule has 0 aromatic carbocycles. The van der Waals surface area contributed by atoms with Crippen molar-refractivity contribution in [3.05, 3.63) is 79.5 Å². The van der Waals surface area contributed by atoms with Crippen molar-refractivity contribution in [2.45, 2.75) is 13.3 Å². The lowest BCUT2D eigenvalue weighted by molar-refractivity contribution is 1.09. The van der Waals surface area contributed by atoms with Crippen LogP contribution < -0.4 is 5.32 Å². The average Bonchev–Trinajstić information content (AvgIpc) is 3.53. The fraction of sp³-hybridized carbons (Fsp3) is 0.0769. The molecule has 0 aliphatic carbocycles. The monoisotopic (exact) mass is 459 g/mol. The van der Waals surface area contributed by atoms with Gasteiger partial charge in [0.25, 0.3) is 0 Å². The molecule has 0 bridgehead atoms. The van der Waals surface area contributed by atoms with Crippen LogP contribution in [-0.4, -0.2) is 40.1 Å². The molecular weight excluding hydrogens is 438 g/mol. The predicted molar refractivity (Wildman–Crippen MR) is 136 cm³/mol. The molecule has 6 rings (SSSR count). The number of pyridine rings is 4. The zero-order chi connectivity index (χ0) is 23.8. The molecule has 0 saturated heterocycles. The molecular formula is C26H21N9. The van der Waals surface area contributed by atoms with Crippen LogP contribution in [-0.2, 0) is 0 Å². The molecule has 6 heterocycles. The van der Waals surface area contributed by atoms with Crippen molar-refractivity contribution < 1.29 is 0 Å². The molecule has 0 amide bonds. The maximum atomic E-state index is 4.72. The zero-order valence-electron chi connectivity index (χ0n) is 18.9. The highest BCUT2D eigenvalue weighted by atomic mass is 15.2. The average molecular weight is 460 g/mol. The van der Waals surface area contributed by atoms with Crippen LogP contribution in [0, 0.1) is 0 Å². The summed E-state index contributed by atoms with van der Waals surface area (Å²) in [5.74, 6) is 1.39. The molecule has 0 aliphatic heterocycles. The van der Waals surface area contributed by atoms with Crippen LogP contribution in [0.15, 0.2) is 79.5 Å². The highest BCUT2D eigenvalue weighted by molar-refractivity contribution is 5.95. The molecule has 170 valence electrons. The Morgan fingerprint density at radius 2 is 1.86 bits per heavy atom. The number of rotatable bonds is 6. The number of fused-ring (bicyclic) bond motifs is 2. The van der Waals surface area contributed by atoms with Gasteiger partial charge in [0.2, 0.25) is 0 Å². The Morgan fingerprint density at radius 3 is 2.66 bits per heavy atom. The lowest BCUT2D eigenvalue weighted by Gasteiger charge is -2.07. The summed E-state index contributed by atoms with van der Waals surface area (Å²) in [7, 11) is 0. The van der Waals surface area contributed by atoms with E-state index in [1.807, 2.05) is 55.6 Å². The van der Waals surface area contributed by atoms with Crippen molar-refractivity contribution >= 4 is 28.0 Å². The van der Waals surface area contributed by atoms with Gasteiger partial charge in [0.1, 0.15) is 11.5 Å². The van der Waals surface area contributed by atoms with Crippen LogP contribution in [0.25, 0.3) is 56.1 Å². The van der Waals surface area contributed by atoms with Crippen LogP contribution in [0.2, 0.25) is 0 Å². The van der Waals surface area contributed by atoms with E-state index in [-0.39, 0.29) is 0 Å². The number of hydrogen-bond donors (Lipinski definition) is 3. The minimum absolute atomic E-state index is 0.604. The fourth-order valence-electron chi connectivity index (χ4n) is 3.91. The fourth-order valence-corrected chi connectivity index (χ4v) is 3.91. The van der Waals surface area contributed by atoms with Gasteiger partial charge in [0, 0.05) is 47.2 Å². The number of aromatic amines is 2. The van der Waals surface area contributed by atoms with Crippen LogP contribution in [0.1, 0.15) is 13.3 Å². The van der Waals surface area contributed by atoms with E-state index in [0.717, 1.165) is 56.9 Å². The quantitative estimate of drug-likeness (QED) is 0.307. The molecule has 0 fully saturated rings. The molecule has 0 saturated carbocycles. The van der Waals surface area contributed by atoms with Gasteiger partial charge < -0.3 is 10.3 Å². The number of nitrogens with one attached hydrogen (secondary N) is 3. The maximum Gasteiger partial charge on any atom is 0.181 e. The Labute approximate surface area is 200 Å². The van der Waals surface area contributed by atoms with Crippen molar-refractivity contribution in [2.75, 3.05) is 5.32 Å². The Bertz CT molecular complexity index is 1660. The predicted octanol–water partition coefficient (Wildman–Crippen LogP) is 5.36. The van der Waals surface area contributed by atoms with Gasteiger partial charge in [-0.05, 0) is 42.8 Å². The first-order valence-electron chi connectivity index (χ1n) is 11.2. The van der Waals surface area contributed by atoms with Crippen LogP contribution in [0.4, 0.5) is 5.82 Å². The second-order valence-corrected chi connectivity index (χ2v) is 8.07. The number of allylic oxidation sites excluding steroid dienone is 1. The minimum Gasteiger partial charge on any atom is -0.344 e. The van der Waals surface area contributed by atoms with E-state index in [1.165, 1.54) is 0 Å². The molecule has 0 radical (unpaired) electrons. The number of nitrogens with zero attached hydrogens (tertiary/aromatic N) is 6. The third kappa shape index (κ3) is 3.78. The zero-order valence-corrected chi connectivity index (χ0v) is 18.9. The number of anilines is 1. The van der Waals surface area contributed by atoms with E-state index in [4.69, 9.17) is 4.98 Å². The summed E-state index contributed by atoms with van der Waals surface area (Å²) in [6.07, 6.45) is 7.96. The lowest BCUT2D eigenvalue weighted by Crippen LogP contribution is -1.98. The summed E-state index contributed by atoms with van der Waals surface area (Å²) < 4.78 is 0. The van der Waals surface area contributed by atoms with Gasteiger partial charge in [0.05, 0.1) is 16.6 Å². The number of imidazole rings is 1. The Kier molecular flexibility index (Phi) is 4.99. The van der Waals surface area contributed by atoms with Crippen molar-refractivity contribution in [1.29, 1.82) is 0 Å². The maximum absolute atomic E-state index is 4.72. The number of hydrogen-bond acceptors (Lipinski definition) is 7. The molecule has 6 aromatic heterocycles. The lowest BCUT2D eigenvalue weighted by atomic mass is 10.1. The van der Waals surface area contributed by atoms with Crippen molar-refractivity contribution in [1.82, 2.24) is 40.1 Å². The Balaban J connectivity index is 1.40. The summed E-state index contributed by atoms with van der Waals surface area (Å²) in [6, 6.07) is 13.7. The largest absolute Gasteiger partial charge is 0.344 e. The summed E-state index contributed by atoms with van der Waals surface area (Å²) in [5, 5.41) is 11.5. The molecule has 0 spiro atoms. The second-order valence-electron chi connectivity index (χ2n) is 8.07. The van der Waals surface area contributed by atoms with Gasteiger partial charge in [0.15, 0.2) is 17.1 Å². The standard InChI is InChI=1S/C26H21N9/c1-3-15(2)31-21-8-7-16(13-29-21)17-12-19-23(34-35-24(19)30-14-17)26-32-22-18(9-11-28-25(22)33-26)20-6-4-5-10-27-20/h4-14H,2-3H2,1H3,(H,29,31)(H,28,32,33)(H,30,34,35). The van der Waals surface area contributed by atoms with Gasteiger partial charge in [-0.1, -0.05) is 19.6 Å². The van der Waals surface area contributed by atoms with Gasteiger partial charge in [-0.15, -0.1) is 0 Å². The summed E-state index contributed by atoms with van der Waals surface area (Å²) in [5.41, 5.74) is 7.34. The Hall–Kier alpha value is -4.92. The van der Waals surface area contributed by atoms with Gasteiger partial charge in [-0.3, -0.25) is 10.1 Å². The first-order valence-corrected chi connectivity index (χ1v) is 11.2. The summed E-state index contributed by atoms with van der Waals surface area (Å²) >= 11 is 0.